The third-order valence-corrected chi connectivity index (χ3v) is 4.67. The first kappa shape index (κ1) is 22.7. The van der Waals surface area contributed by atoms with Gasteiger partial charge in [0.05, 0.1) is 0 Å². The van der Waals surface area contributed by atoms with Gasteiger partial charge in [0, 0.05) is 13.1 Å². The summed E-state index contributed by atoms with van der Waals surface area (Å²) in [5.41, 5.74) is 0. The lowest BCUT2D eigenvalue weighted by molar-refractivity contribution is 0.554. The van der Waals surface area contributed by atoms with Gasteiger partial charge in [-0.15, -0.1) is 0 Å². The molecule has 0 unspecified atom stereocenters. The van der Waals surface area contributed by atoms with E-state index >= 15 is 0 Å². The van der Waals surface area contributed by atoms with E-state index in [1.165, 1.54) is 96.3 Å². The summed E-state index contributed by atoms with van der Waals surface area (Å²) < 4.78 is 0. The normalized spacial score (nSPS) is 10.7. The Bertz CT molecular complexity index is 244. The molecule has 0 aliphatic heterocycles. The molecule has 2 N–H and O–H groups in total. The van der Waals surface area contributed by atoms with Gasteiger partial charge in [0.15, 0.2) is 5.11 Å². The molecule has 0 atom stereocenters. The van der Waals surface area contributed by atoms with Gasteiger partial charge in [0.1, 0.15) is 0 Å². The molecule has 0 aliphatic rings. The molecule has 0 fully saturated rings. The van der Waals surface area contributed by atoms with Crippen molar-refractivity contribution in [2.75, 3.05) is 13.1 Å². The Morgan fingerprint density at radius 3 is 1.17 bits per heavy atom. The first-order valence-electron chi connectivity index (χ1n) is 10.3. The van der Waals surface area contributed by atoms with Crippen molar-refractivity contribution in [3.63, 3.8) is 0 Å². The van der Waals surface area contributed by atoms with Gasteiger partial charge < -0.3 is 10.6 Å². The fourth-order valence-electron chi connectivity index (χ4n) is 2.81. The lowest BCUT2D eigenvalue weighted by Crippen LogP contribution is -2.36. The summed E-state index contributed by atoms with van der Waals surface area (Å²) in [5, 5.41) is 7.49. The third-order valence-electron chi connectivity index (χ3n) is 4.38. The minimum Gasteiger partial charge on any atom is -0.363 e. The maximum atomic E-state index is 5.30. The molecule has 0 aliphatic carbocycles. The van der Waals surface area contributed by atoms with Gasteiger partial charge >= 0.3 is 0 Å². The number of nitrogens with one attached hydrogen (secondary N) is 2. The van der Waals surface area contributed by atoms with Crippen LogP contribution < -0.4 is 10.6 Å². The monoisotopic (exact) mass is 342 g/mol. The zero-order chi connectivity index (χ0) is 17.0. The van der Waals surface area contributed by atoms with Gasteiger partial charge in [0.2, 0.25) is 0 Å². The van der Waals surface area contributed by atoms with Crippen LogP contribution in [0, 0.1) is 0 Å². The van der Waals surface area contributed by atoms with E-state index in [9.17, 15) is 0 Å². The molecular weight excluding hydrogens is 300 g/mol. The van der Waals surface area contributed by atoms with Crippen LogP contribution in [-0.4, -0.2) is 18.2 Å². The van der Waals surface area contributed by atoms with Crippen molar-refractivity contribution in [3.05, 3.63) is 0 Å². The van der Waals surface area contributed by atoms with Crippen molar-refractivity contribution >= 4 is 17.3 Å². The Hall–Kier alpha value is -0.310. The highest BCUT2D eigenvalue weighted by atomic mass is 32.1. The van der Waals surface area contributed by atoms with E-state index in [1.54, 1.807) is 0 Å². The van der Waals surface area contributed by atoms with Crippen LogP contribution in [0.15, 0.2) is 0 Å². The quantitative estimate of drug-likeness (QED) is 0.238. The molecule has 0 heterocycles. The molecule has 23 heavy (non-hydrogen) atoms. The average Bonchev–Trinajstić information content (AvgIpc) is 2.56. The molecule has 0 rings (SSSR count). The topological polar surface area (TPSA) is 24.1 Å². The summed E-state index contributed by atoms with van der Waals surface area (Å²) in [6.07, 6.45) is 20.5. The molecular formula is C20H42N2S. The highest BCUT2D eigenvalue weighted by Gasteiger charge is 1.96. The van der Waals surface area contributed by atoms with Crippen molar-refractivity contribution in [3.8, 4) is 0 Å². The van der Waals surface area contributed by atoms with Crippen LogP contribution >= 0.6 is 12.2 Å². The first-order chi connectivity index (χ1) is 11.3. The lowest BCUT2D eigenvalue weighted by atomic mass is 10.1. The molecule has 138 valence electrons. The van der Waals surface area contributed by atoms with Crippen LogP contribution in [0.3, 0.4) is 0 Å². The van der Waals surface area contributed by atoms with E-state index in [2.05, 4.69) is 24.5 Å². The van der Waals surface area contributed by atoms with Crippen LogP contribution in [0.2, 0.25) is 0 Å². The predicted molar refractivity (Wildman–Crippen MR) is 109 cm³/mol. The minimum absolute atomic E-state index is 0.844. The molecule has 0 aromatic rings. The molecule has 2 nitrogen and oxygen atoms in total. The zero-order valence-electron chi connectivity index (χ0n) is 15.9. The molecule has 0 saturated carbocycles. The number of hydrogen-bond acceptors (Lipinski definition) is 1. The van der Waals surface area contributed by atoms with Crippen LogP contribution in [0.5, 0.6) is 0 Å². The Morgan fingerprint density at radius 1 is 0.522 bits per heavy atom. The molecule has 0 aromatic heterocycles. The van der Waals surface area contributed by atoms with E-state index in [1.807, 2.05) is 0 Å². The lowest BCUT2D eigenvalue weighted by Gasteiger charge is -2.10. The number of hydrogen-bond donors (Lipinski definition) is 2. The Labute approximate surface area is 151 Å². The maximum absolute atomic E-state index is 5.30. The van der Waals surface area contributed by atoms with E-state index in [-0.39, 0.29) is 0 Å². The van der Waals surface area contributed by atoms with E-state index in [0.717, 1.165) is 18.2 Å². The van der Waals surface area contributed by atoms with Crippen molar-refractivity contribution in [2.45, 2.75) is 110 Å². The standard InChI is InChI=1S/C20H42N2S/c1-3-5-7-9-10-11-12-13-15-17-19-22-20(23)21-18-16-14-8-6-4-2/h3-19H2,1-2H3,(H2,21,22,23). The maximum Gasteiger partial charge on any atom is 0.166 e. The summed E-state index contributed by atoms with van der Waals surface area (Å²) in [4.78, 5) is 0. The Morgan fingerprint density at radius 2 is 0.826 bits per heavy atom. The molecule has 0 amide bonds. The molecule has 0 radical (unpaired) electrons. The van der Waals surface area contributed by atoms with Gasteiger partial charge in [-0.05, 0) is 25.1 Å². The van der Waals surface area contributed by atoms with Crippen molar-refractivity contribution in [1.29, 1.82) is 0 Å². The largest absolute Gasteiger partial charge is 0.363 e. The minimum atomic E-state index is 0.844. The van der Waals surface area contributed by atoms with Crippen LogP contribution in [0.1, 0.15) is 110 Å². The number of rotatable bonds is 17. The zero-order valence-corrected chi connectivity index (χ0v) is 16.7. The summed E-state index contributed by atoms with van der Waals surface area (Å²) in [6.45, 7) is 6.58. The van der Waals surface area contributed by atoms with Crippen LogP contribution in [-0.2, 0) is 0 Å². The second-order valence-corrected chi connectivity index (χ2v) is 7.19. The fraction of sp³-hybridized carbons (Fsp3) is 0.950. The number of unbranched alkanes of at least 4 members (excludes halogenated alkanes) is 13. The average molecular weight is 343 g/mol. The second-order valence-electron chi connectivity index (χ2n) is 6.78. The van der Waals surface area contributed by atoms with E-state index in [0.29, 0.717) is 0 Å². The summed E-state index contributed by atoms with van der Waals surface area (Å²) in [6, 6.07) is 0. The van der Waals surface area contributed by atoms with Gasteiger partial charge in [0.25, 0.3) is 0 Å². The predicted octanol–water partition coefficient (Wildman–Crippen LogP) is 6.34. The third kappa shape index (κ3) is 19.6. The van der Waals surface area contributed by atoms with Gasteiger partial charge in [-0.3, -0.25) is 0 Å². The Balaban J connectivity index is 3.11. The highest BCUT2D eigenvalue weighted by molar-refractivity contribution is 7.80. The second kappa shape index (κ2) is 19.7. The molecule has 0 bridgehead atoms. The molecule has 0 spiro atoms. The van der Waals surface area contributed by atoms with E-state index < -0.39 is 0 Å². The number of thiocarbonyl (C=S) groups is 1. The van der Waals surface area contributed by atoms with Crippen molar-refractivity contribution in [2.24, 2.45) is 0 Å². The van der Waals surface area contributed by atoms with Gasteiger partial charge in [-0.1, -0.05) is 97.3 Å². The van der Waals surface area contributed by atoms with Gasteiger partial charge in [-0.25, -0.2) is 0 Å². The molecule has 0 aromatic carbocycles. The van der Waals surface area contributed by atoms with Crippen molar-refractivity contribution in [1.82, 2.24) is 10.6 Å². The van der Waals surface area contributed by atoms with Crippen LogP contribution in [0.25, 0.3) is 0 Å². The van der Waals surface area contributed by atoms with E-state index in [4.69, 9.17) is 12.2 Å². The first-order valence-corrected chi connectivity index (χ1v) is 10.7. The van der Waals surface area contributed by atoms with Crippen LogP contribution in [0.4, 0.5) is 0 Å². The summed E-state index contributed by atoms with van der Waals surface area (Å²) in [5.74, 6) is 0. The molecule has 3 heteroatoms. The SMILES string of the molecule is CCCCCCCCCCCCNC(=S)NCCCCCCC. The summed E-state index contributed by atoms with van der Waals surface area (Å²) in [7, 11) is 0. The Kier molecular flexibility index (Phi) is 19.5. The van der Waals surface area contributed by atoms with Gasteiger partial charge in [-0.2, -0.15) is 0 Å². The van der Waals surface area contributed by atoms with Crippen molar-refractivity contribution < 1.29 is 0 Å². The highest BCUT2D eigenvalue weighted by Crippen LogP contribution is 2.10. The smallest absolute Gasteiger partial charge is 0.166 e. The fourth-order valence-corrected chi connectivity index (χ4v) is 3.01. The summed E-state index contributed by atoms with van der Waals surface area (Å²) >= 11 is 5.30. The molecule has 0 saturated heterocycles.